The molecular weight excluding hydrogens is 206 g/mol. The molecule has 1 unspecified atom stereocenters. The van der Waals surface area contributed by atoms with Crippen molar-refractivity contribution in [1.82, 2.24) is 0 Å². The lowest BCUT2D eigenvalue weighted by Crippen LogP contribution is -2.23. The first-order chi connectivity index (χ1) is 6.93. The molecular formula is C12H19NOS. The van der Waals surface area contributed by atoms with E-state index in [0.717, 1.165) is 11.1 Å². The minimum atomic E-state index is -0.839. The molecule has 1 aromatic carbocycles. The van der Waals surface area contributed by atoms with E-state index in [1.807, 2.05) is 45.0 Å². The number of nitrogens with two attached hydrogens (primary N) is 1. The maximum atomic E-state index is 11.9. The number of hydrogen-bond acceptors (Lipinski definition) is 2. The lowest BCUT2D eigenvalue weighted by molar-refractivity contribution is 0.648. The van der Waals surface area contributed by atoms with Crippen molar-refractivity contribution in [3.8, 4) is 0 Å². The van der Waals surface area contributed by atoms with Gasteiger partial charge < -0.3 is 5.73 Å². The van der Waals surface area contributed by atoms with Gasteiger partial charge in [0.1, 0.15) is 0 Å². The van der Waals surface area contributed by atoms with E-state index in [1.165, 1.54) is 0 Å². The zero-order valence-corrected chi connectivity index (χ0v) is 10.4. The summed E-state index contributed by atoms with van der Waals surface area (Å²) < 4.78 is 11.8. The molecule has 1 rings (SSSR count). The molecule has 1 atom stereocenters. The molecule has 1 aromatic rings. The van der Waals surface area contributed by atoms with E-state index in [4.69, 9.17) is 5.73 Å². The van der Waals surface area contributed by atoms with Crippen molar-refractivity contribution in [2.24, 2.45) is 5.73 Å². The smallest absolute Gasteiger partial charge is 0.0491 e. The van der Waals surface area contributed by atoms with Crippen LogP contribution < -0.4 is 5.73 Å². The van der Waals surface area contributed by atoms with Crippen LogP contribution in [0.4, 0.5) is 0 Å². The van der Waals surface area contributed by atoms with Gasteiger partial charge >= 0.3 is 0 Å². The summed E-state index contributed by atoms with van der Waals surface area (Å²) in [5.74, 6) is 0.608. The predicted octanol–water partition coefficient (Wildman–Crippen LogP) is 2.19. The van der Waals surface area contributed by atoms with Crippen molar-refractivity contribution >= 4 is 10.8 Å². The van der Waals surface area contributed by atoms with Crippen LogP contribution in [0.3, 0.4) is 0 Å². The fraction of sp³-hybridized carbons (Fsp3) is 0.500. The monoisotopic (exact) mass is 225 g/mol. The summed E-state index contributed by atoms with van der Waals surface area (Å²) in [6.45, 7) is 6.53. The third-order valence-electron chi connectivity index (χ3n) is 2.21. The highest BCUT2D eigenvalue weighted by atomic mass is 32.2. The van der Waals surface area contributed by atoms with Gasteiger partial charge in [0.2, 0.25) is 0 Å². The Hall–Kier alpha value is -0.670. The average Bonchev–Trinajstić information content (AvgIpc) is 2.16. The van der Waals surface area contributed by atoms with Crippen molar-refractivity contribution in [1.29, 1.82) is 0 Å². The molecule has 0 saturated carbocycles. The summed E-state index contributed by atoms with van der Waals surface area (Å²) in [4.78, 5) is 0. The molecule has 0 aliphatic heterocycles. The Morgan fingerprint density at radius 2 is 1.87 bits per heavy atom. The van der Waals surface area contributed by atoms with Gasteiger partial charge in [0.25, 0.3) is 0 Å². The fourth-order valence-corrected chi connectivity index (χ4v) is 2.13. The second kappa shape index (κ2) is 4.90. The van der Waals surface area contributed by atoms with Crippen LogP contribution in [0.15, 0.2) is 24.3 Å². The molecule has 0 saturated heterocycles. The molecule has 0 aliphatic carbocycles. The van der Waals surface area contributed by atoms with Crippen molar-refractivity contribution < 1.29 is 4.21 Å². The fourth-order valence-electron chi connectivity index (χ4n) is 1.21. The lowest BCUT2D eigenvalue weighted by atomic mass is 10.1. The van der Waals surface area contributed by atoms with E-state index in [1.54, 1.807) is 0 Å². The van der Waals surface area contributed by atoms with Crippen LogP contribution in [0.2, 0.25) is 0 Å². The lowest BCUT2D eigenvalue weighted by Gasteiger charge is -2.17. The molecule has 2 N–H and O–H groups in total. The Morgan fingerprint density at radius 3 is 2.40 bits per heavy atom. The van der Waals surface area contributed by atoms with E-state index in [-0.39, 0.29) is 4.75 Å². The summed E-state index contributed by atoms with van der Waals surface area (Å²) in [5, 5.41) is 0. The molecule has 0 heterocycles. The van der Waals surface area contributed by atoms with Gasteiger partial charge in [-0.25, -0.2) is 0 Å². The highest BCUT2D eigenvalue weighted by Gasteiger charge is 2.19. The van der Waals surface area contributed by atoms with Gasteiger partial charge in [0, 0.05) is 27.8 Å². The van der Waals surface area contributed by atoms with Crippen LogP contribution in [0.5, 0.6) is 0 Å². The molecule has 0 aromatic heterocycles. The highest BCUT2D eigenvalue weighted by Crippen LogP contribution is 2.16. The zero-order valence-electron chi connectivity index (χ0n) is 9.62. The maximum Gasteiger partial charge on any atom is 0.0491 e. The maximum absolute atomic E-state index is 11.9. The molecule has 0 fully saturated rings. The third kappa shape index (κ3) is 3.76. The summed E-state index contributed by atoms with van der Waals surface area (Å²) in [6.07, 6.45) is 0. The standard InChI is InChI=1S/C12H19NOS/c1-12(2,3)15(14)9-11-6-4-5-10(7-11)8-13/h4-7H,8-9,13H2,1-3H3. The van der Waals surface area contributed by atoms with Gasteiger partial charge in [0.15, 0.2) is 0 Å². The Balaban J connectivity index is 2.77. The first-order valence-corrected chi connectivity index (χ1v) is 6.42. The van der Waals surface area contributed by atoms with Crippen molar-refractivity contribution in [2.75, 3.05) is 0 Å². The molecule has 15 heavy (non-hydrogen) atoms. The number of benzene rings is 1. The summed E-state index contributed by atoms with van der Waals surface area (Å²) in [7, 11) is -0.839. The van der Waals surface area contributed by atoms with Crippen LogP contribution >= 0.6 is 0 Å². The van der Waals surface area contributed by atoms with E-state index >= 15 is 0 Å². The van der Waals surface area contributed by atoms with Crippen LogP contribution in [-0.2, 0) is 23.1 Å². The van der Waals surface area contributed by atoms with Crippen LogP contribution in [-0.4, -0.2) is 8.96 Å². The Kier molecular flexibility index (Phi) is 4.05. The molecule has 0 radical (unpaired) electrons. The van der Waals surface area contributed by atoms with Gasteiger partial charge in [-0.2, -0.15) is 0 Å². The summed E-state index contributed by atoms with van der Waals surface area (Å²) in [5.41, 5.74) is 7.76. The topological polar surface area (TPSA) is 43.1 Å². The molecule has 3 heteroatoms. The van der Waals surface area contributed by atoms with Crippen molar-refractivity contribution in [3.63, 3.8) is 0 Å². The number of hydrogen-bond donors (Lipinski definition) is 1. The SMILES string of the molecule is CC(C)(C)S(=O)Cc1cccc(CN)c1. The van der Waals surface area contributed by atoms with E-state index in [2.05, 4.69) is 0 Å². The third-order valence-corrected chi connectivity index (χ3v) is 4.17. The van der Waals surface area contributed by atoms with E-state index in [9.17, 15) is 4.21 Å². The quantitative estimate of drug-likeness (QED) is 0.857. The van der Waals surface area contributed by atoms with Gasteiger partial charge in [-0.15, -0.1) is 0 Å². The zero-order chi connectivity index (χ0) is 11.5. The second-order valence-electron chi connectivity index (χ2n) is 4.63. The van der Waals surface area contributed by atoms with Gasteiger partial charge in [0.05, 0.1) is 0 Å². The minimum absolute atomic E-state index is 0.154. The summed E-state index contributed by atoms with van der Waals surface area (Å²) in [6, 6.07) is 7.99. The van der Waals surface area contributed by atoms with Crippen LogP contribution in [0.1, 0.15) is 31.9 Å². The minimum Gasteiger partial charge on any atom is -0.326 e. The van der Waals surface area contributed by atoms with Gasteiger partial charge in [-0.3, -0.25) is 4.21 Å². The second-order valence-corrected chi connectivity index (χ2v) is 6.83. The van der Waals surface area contributed by atoms with E-state index < -0.39 is 10.8 Å². The normalized spacial score (nSPS) is 13.9. The van der Waals surface area contributed by atoms with Gasteiger partial charge in [-0.05, 0) is 31.9 Å². The Morgan fingerprint density at radius 1 is 1.27 bits per heavy atom. The highest BCUT2D eigenvalue weighted by molar-refractivity contribution is 7.85. The first-order valence-electron chi connectivity index (χ1n) is 5.10. The van der Waals surface area contributed by atoms with Crippen LogP contribution in [0, 0.1) is 0 Å². The molecule has 0 aliphatic rings. The molecule has 84 valence electrons. The molecule has 0 amide bonds. The van der Waals surface area contributed by atoms with Crippen LogP contribution in [0.25, 0.3) is 0 Å². The Labute approximate surface area is 94.3 Å². The summed E-state index contributed by atoms with van der Waals surface area (Å²) >= 11 is 0. The first kappa shape index (κ1) is 12.4. The van der Waals surface area contributed by atoms with E-state index in [0.29, 0.717) is 12.3 Å². The largest absolute Gasteiger partial charge is 0.326 e. The Bertz CT molecular complexity index is 355. The molecule has 0 spiro atoms. The van der Waals surface area contributed by atoms with Crippen molar-refractivity contribution in [2.45, 2.75) is 37.8 Å². The predicted molar refractivity (Wildman–Crippen MR) is 65.9 cm³/mol. The molecule has 0 bridgehead atoms. The van der Waals surface area contributed by atoms with Crippen molar-refractivity contribution in [3.05, 3.63) is 35.4 Å². The van der Waals surface area contributed by atoms with Gasteiger partial charge in [-0.1, -0.05) is 24.3 Å². The average molecular weight is 225 g/mol. The number of rotatable bonds is 3. The molecule has 2 nitrogen and oxygen atoms in total.